The summed E-state index contributed by atoms with van der Waals surface area (Å²) in [4.78, 5) is 29.5. The first-order chi connectivity index (χ1) is 13.1. The van der Waals surface area contributed by atoms with Crippen molar-refractivity contribution in [2.24, 2.45) is 5.73 Å². The van der Waals surface area contributed by atoms with Crippen molar-refractivity contribution >= 4 is 38.2 Å². The molecule has 0 aliphatic carbocycles. The zero-order valence-corrected chi connectivity index (χ0v) is 15.5. The summed E-state index contributed by atoms with van der Waals surface area (Å²) in [6.07, 6.45) is 1.48. The Kier molecular flexibility index (Phi) is 4.37. The normalized spacial score (nSPS) is 11.1. The van der Waals surface area contributed by atoms with Gasteiger partial charge in [0.1, 0.15) is 17.2 Å². The number of aryl methyl sites for hydroxylation is 1. The third-order valence-electron chi connectivity index (χ3n) is 4.48. The van der Waals surface area contributed by atoms with E-state index in [1.54, 1.807) is 6.92 Å². The number of thiophene rings is 1. The molecule has 2 N–H and O–H groups in total. The van der Waals surface area contributed by atoms with Crippen LogP contribution < -0.4 is 16.0 Å². The highest BCUT2D eigenvalue weighted by Crippen LogP contribution is 2.27. The van der Waals surface area contributed by atoms with Gasteiger partial charge in [0, 0.05) is 5.39 Å². The second-order valence-electron chi connectivity index (χ2n) is 6.17. The van der Waals surface area contributed by atoms with Gasteiger partial charge >= 0.3 is 0 Å². The number of nitrogens with two attached hydrogens (primary N) is 1. The van der Waals surface area contributed by atoms with E-state index in [-0.39, 0.29) is 5.56 Å². The van der Waals surface area contributed by atoms with Gasteiger partial charge < -0.3 is 10.5 Å². The molecule has 136 valence electrons. The molecule has 4 rings (SSSR count). The number of nitrogens with zero attached hydrogens (tertiary/aromatic N) is 2. The highest BCUT2D eigenvalue weighted by atomic mass is 32.1. The lowest BCUT2D eigenvalue weighted by Gasteiger charge is -2.10. The minimum absolute atomic E-state index is 0.192. The number of ether oxygens (including phenoxy) is 1. The van der Waals surface area contributed by atoms with Gasteiger partial charge in [-0.05, 0) is 23.9 Å². The van der Waals surface area contributed by atoms with Gasteiger partial charge in [-0.3, -0.25) is 14.2 Å². The first-order valence-electron chi connectivity index (χ1n) is 8.45. The van der Waals surface area contributed by atoms with Gasteiger partial charge in [0.25, 0.3) is 11.5 Å². The highest BCUT2D eigenvalue weighted by Gasteiger charge is 2.17. The minimum atomic E-state index is -0.541. The summed E-state index contributed by atoms with van der Waals surface area (Å²) in [5.74, 6) is 0.235. The van der Waals surface area contributed by atoms with Gasteiger partial charge in [-0.15, -0.1) is 11.3 Å². The number of primary amides is 1. The molecule has 0 fully saturated rings. The second kappa shape index (κ2) is 6.85. The Bertz CT molecular complexity index is 1220. The van der Waals surface area contributed by atoms with Crippen LogP contribution in [-0.2, 0) is 6.54 Å². The summed E-state index contributed by atoms with van der Waals surface area (Å²) in [6.45, 7) is 2.40. The lowest BCUT2D eigenvalue weighted by Crippen LogP contribution is -2.23. The Labute approximate surface area is 158 Å². The Morgan fingerprint density at radius 3 is 2.81 bits per heavy atom. The molecular weight excluding hydrogens is 362 g/mol. The molecule has 2 aromatic heterocycles. The van der Waals surface area contributed by atoms with Crippen molar-refractivity contribution in [2.45, 2.75) is 13.5 Å². The maximum atomic E-state index is 12.8. The van der Waals surface area contributed by atoms with Crippen LogP contribution >= 0.6 is 11.3 Å². The van der Waals surface area contributed by atoms with Crippen molar-refractivity contribution in [3.05, 3.63) is 69.6 Å². The predicted octanol–water partition coefficient (Wildman–Crippen LogP) is 3.10. The standard InChI is InChI=1S/C20H17N3O3S/c1-12-16-19(27-17(12)18(21)24)22-11-23(20(16)25)9-10-26-15-8-4-6-13-5-2-3-7-14(13)15/h2-8,11H,9-10H2,1H3,(H2,21,24). The number of aromatic nitrogens is 2. The number of rotatable bonds is 5. The van der Waals surface area contributed by atoms with E-state index in [1.807, 2.05) is 42.5 Å². The molecule has 0 aliphatic rings. The SMILES string of the molecule is Cc1c(C(N)=O)sc2ncn(CCOc3cccc4ccccc34)c(=O)c12. The maximum Gasteiger partial charge on any atom is 0.262 e. The number of carbonyl (C=O) groups excluding carboxylic acids is 1. The lowest BCUT2D eigenvalue weighted by molar-refractivity contribution is 0.100. The van der Waals surface area contributed by atoms with Crippen molar-refractivity contribution in [3.63, 3.8) is 0 Å². The number of fused-ring (bicyclic) bond motifs is 2. The molecule has 2 aromatic carbocycles. The average Bonchev–Trinajstić information content (AvgIpc) is 3.01. The maximum absolute atomic E-state index is 12.8. The van der Waals surface area contributed by atoms with E-state index in [4.69, 9.17) is 10.5 Å². The molecule has 7 heteroatoms. The van der Waals surface area contributed by atoms with E-state index in [0.717, 1.165) is 27.9 Å². The Morgan fingerprint density at radius 1 is 1.22 bits per heavy atom. The first kappa shape index (κ1) is 17.2. The summed E-state index contributed by atoms with van der Waals surface area (Å²) in [5, 5.41) is 2.57. The number of carbonyl (C=O) groups is 1. The zero-order valence-electron chi connectivity index (χ0n) is 14.6. The van der Waals surface area contributed by atoms with Gasteiger partial charge in [-0.25, -0.2) is 4.98 Å². The molecule has 0 spiro atoms. The molecule has 0 atom stereocenters. The average molecular weight is 379 g/mol. The largest absolute Gasteiger partial charge is 0.491 e. The molecular formula is C20H17N3O3S. The Balaban J connectivity index is 1.59. The third-order valence-corrected chi connectivity index (χ3v) is 5.69. The van der Waals surface area contributed by atoms with Gasteiger partial charge in [-0.2, -0.15) is 0 Å². The van der Waals surface area contributed by atoms with Crippen molar-refractivity contribution in [3.8, 4) is 5.75 Å². The van der Waals surface area contributed by atoms with E-state index in [1.165, 1.54) is 10.9 Å². The fraction of sp³-hybridized carbons (Fsp3) is 0.150. The monoisotopic (exact) mass is 379 g/mol. The number of amides is 1. The number of hydrogen-bond acceptors (Lipinski definition) is 5. The van der Waals surface area contributed by atoms with Crippen LogP contribution in [0.1, 0.15) is 15.2 Å². The van der Waals surface area contributed by atoms with Gasteiger partial charge in [0.2, 0.25) is 0 Å². The van der Waals surface area contributed by atoms with E-state index in [0.29, 0.717) is 33.8 Å². The van der Waals surface area contributed by atoms with Crippen LogP contribution in [0, 0.1) is 6.92 Å². The summed E-state index contributed by atoms with van der Waals surface area (Å²) in [5.41, 5.74) is 5.77. The van der Waals surface area contributed by atoms with Crippen LogP contribution in [0.5, 0.6) is 5.75 Å². The number of hydrogen-bond donors (Lipinski definition) is 1. The molecule has 0 saturated carbocycles. The number of benzene rings is 2. The van der Waals surface area contributed by atoms with Crippen LogP contribution in [-0.4, -0.2) is 22.1 Å². The Hall–Kier alpha value is -3.19. The van der Waals surface area contributed by atoms with Crippen LogP contribution in [0.3, 0.4) is 0 Å². The molecule has 4 aromatic rings. The van der Waals surface area contributed by atoms with Crippen molar-refractivity contribution in [2.75, 3.05) is 6.61 Å². The molecule has 27 heavy (non-hydrogen) atoms. The van der Waals surface area contributed by atoms with Gasteiger partial charge in [0.15, 0.2) is 0 Å². The van der Waals surface area contributed by atoms with E-state index in [9.17, 15) is 9.59 Å². The zero-order chi connectivity index (χ0) is 19.0. The third kappa shape index (κ3) is 3.06. The topological polar surface area (TPSA) is 87.2 Å². The molecule has 2 heterocycles. The smallest absolute Gasteiger partial charge is 0.262 e. The lowest BCUT2D eigenvalue weighted by atomic mass is 10.1. The van der Waals surface area contributed by atoms with E-state index < -0.39 is 5.91 Å². The first-order valence-corrected chi connectivity index (χ1v) is 9.27. The van der Waals surface area contributed by atoms with Gasteiger partial charge in [0.05, 0.1) is 23.1 Å². The molecule has 1 amide bonds. The minimum Gasteiger partial charge on any atom is -0.491 e. The van der Waals surface area contributed by atoms with Crippen LogP contribution in [0.4, 0.5) is 0 Å². The van der Waals surface area contributed by atoms with E-state index in [2.05, 4.69) is 4.98 Å². The van der Waals surface area contributed by atoms with Crippen molar-refractivity contribution in [1.29, 1.82) is 0 Å². The molecule has 0 aliphatic heterocycles. The van der Waals surface area contributed by atoms with Crippen LogP contribution in [0.15, 0.2) is 53.6 Å². The van der Waals surface area contributed by atoms with Crippen LogP contribution in [0.25, 0.3) is 21.0 Å². The highest BCUT2D eigenvalue weighted by molar-refractivity contribution is 7.20. The molecule has 0 saturated heterocycles. The molecule has 0 bridgehead atoms. The van der Waals surface area contributed by atoms with Crippen molar-refractivity contribution < 1.29 is 9.53 Å². The molecule has 0 radical (unpaired) electrons. The quantitative estimate of drug-likeness (QED) is 0.577. The molecule has 6 nitrogen and oxygen atoms in total. The fourth-order valence-corrected chi connectivity index (χ4v) is 4.12. The van der Waals surface area contributed by atoms with Gasteiger partial charge in [-0.1, -0.05) is 36.4 Å². The predicted molar refractivity (Wildman–Crippen MR) is 107 cm³/mol. The summed E-state index contributed by atoms with van der Waals surface area (Å²) < 4.78 is 7.40. The summed E-state index contributed by atoms with van der Waals surface area (Å²) >= 11 is 1.15. The summed E-state index contributed by atoms with van der Waals surface area (Å²) in [6, 6.07) is 13.9. The Morgan fingerprint density at radius 2 is 2.00 bits per heavy atom. The van der Waals surface area contributed by atoms with Crippen LogP contribution in [0.2, 0.25) is 0 Å². The summed E-state index contributed by atoms with van der Waals surface area (Å²) in [7, 11) is 0. The van der Waals surface area contributed by atoms with E-state index >= 15 is 0 Å². The second-order valence-corrected chi connectivity index (χ2v) is 7.17. The fourth-order valence-electron chi connectivity index (χ4n) is 3.13. The molecule has 0 unspecified atom stereocenters. The van der Waals surface area contributed by atoms with Crippen molar-refractivity contribution in [1.82, 2.24) is 9.55 Å².